The van der Waals surface area contributed by atoms with Crippen LogP contribution in [-0.4, -0.2) is 24.5 Å². The van der Waals surface area contributed by atoms with Crippen LogP contribution in [0, 0.1) is 11.8 Å². The molecule has 0 aliphatic rings. The molecule has 0 aliphatic heterocycles. The van der Waals surface area contributed by atoms with Crippen molar-refractivity contribution in [2.24, 2.45) is 0 Å². The zero-order valence-corrected chi connectivity index (χ0v) is 17.4. The fourth-order valence-corrected chi connectivity index (χ4v) is 3.28. The molecule has 0 amide bonds. The Morgan fingerprint density at radius 2 is 1.15 bits per heavy atom. The summed E-state index contributed by atoms with van der Waals surface area (Å²) in [4.78, 5) is 2.58. The Balaban J connectivity index is 2.30. The topological polar surface area (TPSA) is 3.24 Å². The van der Waals surface area contributed by atoms with Crippen LogP contribution in [-0.2, 0) is 0 Å². The summed E-state index contributed by atoms with van der Waals surface area (Å²) in [6.45, 7) is 7.91. The van der Waals surface area contributed by atoms with E-state index in [0.717, 1.165) is 12.1 Å². The monoisotopic (exact) mass is 355 g/mol. The molecule has 0 unspecified atom stereocenters. The first-order valence-corrected chi connectivity index (χ1v) is 11.1. The predicted molar refractivity (Wildman–Crippen MR) is 117 cm³/mol. The molecule has 1 aromatic rings. The summed E-state index contributed by atoms with van der Waals surface area (Å²) in [5.74, 6) is 6.72. The highest BCUT2D eigenvalue weighted by atomic mass is 15.1. The molecule has 0 atom stereocenters. The van der Waals surface area contributed by atoms with Crippen LogP contribution in [0.25, 0.3) is 0 Å². The molecule has 0 bridgehead atoms. The van der Waals surface area contributed by atoms with Crippen LogP contribution >= 0.6 is 0 Å². The second-order valence-electron chi connectivity index (χ2n) is 7.48. The highest BCUT2D eigenvalue weighted by Gasteiger charge is 2.03. The first-order valence-electron chi connectivity index (χ1n) is 11.1. The Hall–Kier alpha value is -1.26. The Labute approximate surface area is 163 Å². The summed E-state index contributed by atoms with van der Waals surface area (Å²) in [7, 11) is 0. The molecule has 26 heavy (non-hydrogen) atoms. The molecular formula is C25H41N. The number of hydrogen-bond donors (Lipinski definition) is 0. The molecule has 0 radical (unpaired) electrons. The van der Waals surface area contributed by atoms with Gasteiger partial charge in [0.2, 0.25) is 0 Å². The predicted octanol–water partition coefficient (Wildman–Crippen LogP) is 7.06. The summed E-state index contributed by atoms with van der Waals surface area (Å²) in [6.07, 6.45) is 16.5. The van der Waals surface area contributed by atoms with Crippen molar-refractivity contribution in [1.29, 1.82) is 0 Å². The minimum absolute atomic E-state index is 0.915. The van der Waals surface area contributed by atoms with E-state index < -0.39 is 0 Å². The van der Waals surface area contributed by atoms with Gasteiger partial charge in [0.25, 0.3) is 0 Å². The first-order chi connectivity index (χ1) is 12.9. The summed E-state index contributed by atoms with van der Waals surface area (Å²) in [5.41, 5.74) is 1.13. The van der Waals surface area contributed by atoms with E-state index in [-0.39, 0.29) is 0 Å². The lowest BCUT2D eigenvalue weighted by atomic mass is 10.1. The van der Waals surface area contributed by atoms with E-state index in [9.17, 15) is 0 Å². The summed E-state index contributed by atoms with van der Waals surface area (Å²) >= 11 is 0. The summed E-state index contributed by atoms with van der Waals surface area (Å²) in [5, 5.41) is 0. The molecule has 146 valence electrons. The van der Waals surface area contributed by atoms with Crippen molar-refractivity contribution in [3.8, 4) is 11.8 Å². The van der Waals surface area contributed by atoms with Gasteiger partial charge in [0.1, 0.15) is 0 Å². The van der Waals surface area contributed by atoms with Crippen molar-refractivity contribution >= 4 is 0 Å². The van der Waals surface area contributed by atoms with Crippen molar-refractivity contribution < 1.29 is 0 Å². The molecule has 1 heteroatoms. The summed E-state index contributed by atoms with van der Waals surface area (Å²) < 4.78 is 0. The van der Waals surface area contributed by atoms with Crippen LogP contribution in [0.15, 0.2) is 30.3 Å². The molecule has 0 heterocycles. The molecule has 0 saturated heterocycles. The third-order valence-electron chi connectivity index (χ3n) is 4.96. The second kappa shape index (κ2) is 17.2. The van der Waals surface area contributed by atoms with E-state index >= 15 is 0 Å². The van der Waals surface area contributed by atoms with Gasteiger partial charge in [-0.15, -0.1) is 0 Å². The average Bonchev–Trinajstić information content (AvgIpc) is 2.67. The average molecular weight is 356 g/mol. The fourth-order valence-electron chi connectivity index (χ4n) is 3.28. The first kappa shape index (κ1) is 22.8. The van der Waals surface area contributed by atoms with Crippen LogP contribution in [0.3, 0.4) is 0 Å². The largest absolute Gasteiger partial charge is 0.292 e. The number of unbranched alkanes of at least 4 members (excludes halogenated alkanes) is 10. The fraction of sp³-hybridized carbons (Fsp3) is 0.680. The highest BCUT2D eigenvalue weighted by molar-refractivity contribution is 5.33. The minimum Gasteiger partial charge on any atom is -0.292 e. The molecule has 0 aromatic heterocycles. The van der Waals surface area contributed by atoms with Gasteiger partial charge < -0.3 is 0 Å². The normalized spacial score (nSPS) is 10.7. The Bertz CT molecular complexity index is 452. The van der Waals surface area contributed by atoms with E-state index in [2.05, 4.69) is 60.9 Å². The van der Waals surface area contributed by atoms with Gasteiger partial charge in [0.15, 0.2) is 0 Å². The van der Waals surface area contributed by atoms with Gasteiger partial charge >= 0.3 is 0 Å². The number of benzene rings is 1. The quantitative estimate of drug-likeness (QED) is 0.240. The molecule has 0 fully saturated rings. The van der Waals surface area contributed by atoms with E-state index in [4.69, 9.17) is 0 Å². The maximum absolute atomic E-state index is 3.40. The zero-order chi connectivity index (χ0) is 18.7. The maximum atomic E-state index is 3.40. The third kappa shape index (κ3) is 13.0. The Morgan fingerprint density at radius 1 is 0.654 bits per heavy atom. The maximum Gasteiger partial charge on any atom is 0.0605 e. The molecule has 0 N–H and O–H groups in total. The lowest BCUT2D eigenvalue weighted by Crippen LogP contribution is -2.26. The highest BCUT2D eigenvalue weighted by Crippen LogP contribution is 2.09. The SMILES string of the molecule is CCCCCCCCN(CC#Cc1ccccc1)CCCCCCCC. The van der Waals surface area contributed by atoms with Gasteiger partial charge in [-0.3, -0.25) is 4.90 Å². The summed E-state index contributed by atoms with van der Waals surface area (Å²) in [6, 6.07) is 10.4. The van der Waals surface area contributed by atoms with Crippen LogP contribution < -0.4 is 0 Å². The van der Waals surface area contributed by atoms with Crippen LogP contribution in [0.2, 0.25) is 0 Å². The van der Waals surface area contributed by atoms with Crippen LogP contribution in [0.4, 0.5) is 0 Å². The molecule has 1 rings (SSSR count). The Morgan fingerprint density at radius 3 is 1.69 bits per heavy atom. The van der Waals surface area contributed by atoms with Crippen molar-refractivity contribution in [2.45, 2.75) is 90.9 Å². The van der Waals surface area contributed by atoms with Gasteiger partial charge in [0.05, 0.1) is 6.54 Å². The molecule has 1 aromatic carbocycles. The van der Waals surface area contributed by atoms with E-state index in [1.807, 2.05) is 0 Å². The van der Waals surface area contributed by atoms with Crippen LogP contribution in [0.1, 0.15) is 96.5 Å². The third-order valence-corrected chi connectivity index (χ3v) is 4.96. The zero-order valence-electron chi connectivity index (χ0n) is 17.4. The molecule has 0 saturated carbocycles. The smallest absolute Gasteiger partial charge is 0.0605 e. The number of rotatable bonds is 15. The van der Waals surface area contributed by atoms with Gasteiger partial charge in [-0.2, -0.15) is 0 Å². The molecular weight excluding hydrogens is 314 g/mol. The molecule has 0 aliphatic carbocycles. The Kier molecular flexibility index (Phi) is 15.0. The lowest BCUT2D eigenvalue weighted by molar-refractivity contribution is 0.290. The van der Waals surface area contributed by atoms with Gasteiger partial charge in [0, 0.05) is 5.56 Å². The van der Waals surface area contributed by atoms with E-state index in [1.165, 1.54) is 90.1 Å². The number of nitrogens with zero attached hydrogens (tertiary/aromatic N) is 1. The van der Waals surface area contributed by atoms with E-state index in [1.54, 1.807) is 0 Å². The van der Waals surface area contributed by atoms with E-state index in [0.29, 0.717) is 0 Å². The number of hydrogen-bond acceptors (Lipinski definition) is 1. The minimum atomic E-state index is 0.915. The molecule has 1 nitrogen and oxygen atoms in total. The van der Waals surface area contributed by atoms with Crippen molar-refractivity contribution in [1.82, 2.24) is 4.90 Å². The van der Waals surface area contributed by atoms with Gasteiger partial charge in [-0.25, -0.2) is 0 Å². The van der Waals surface area contributed by atoms with Crippen molar-refractivity contribution in [2.75, 3.05) is 19.6 Å². The van der Waals surface area contributed by atoms with Crippen LogP contribution in [0.5, 0.6) is 0 Å². The second-order valence-corrected chi connectivity index (χ2v) is 7.48. The van der Waals surface area contributed by atoms with Gasteiger partial charge in [-0.1, -0.05) is 108 Å². The standard InChI is InChI=1S/C25H41N/c1-3-5-7-9-11-16-22-26(23-17-12-10-8-6-4-2)24-18-21-25-19-14-13-15-20-25/h13-15,19-20H,3-12,16-17,22-24H2,1-2H3. The van der Waals surface area contributed by atoms with Crippen molar-refractivity contribution in [3.05, 3.63) is 35.9 Å². The van der Waals surface area contributed by atoms with Gasteiger partial charge in [-0.05, 0) is 38.1 Å². The lowest BCUT2D eigenvalue weighted by Gasteiger charge is -2.19. The van der Waals surface area contributed by atoms with Crippen molar-refractivity contribution in [3.63, 3.8) is 0 Å². The molecule has 0 spiro atoms.